The molecule has 36 heavy (non-hydrogen) atoms. The number of fused-ring (bicyclic) bond motifs is 1. The molecule has 1 atom stereocenters. The van der Waals surface area contributed by atoms with Crippen LogP contribution in [0.5, 0.6) is 0 Å². The van der Waals surface area contributed by atoms with Gasteiger partial charge in [0.1, 0.15) is 5.82 Å². The van der Waals surface area contributed by atoms with Gasteiger partial charge >= 0.3 is 11.8 Å². The van der Waals surface area contributed by atoms with Crippen molar-refractivity contribution in [1.82, 2.24) is 5.16 Å². The van der Waals surface area contributed by atoms with Crippen LogP contribution in [0.3, 0.4) is 0 Å². The second kappa shape index (κ2) is 9.86. The fraction of sp³-hybridized carbons (Fsp3) is 0.375. The predicted molar refractivity (Wildman–Crippen MR) is 122 cm³/mol. The maximum Gasteiger partial charge on any atom is 0.428 e. The lowest BCUT2D eigenvalue weighted by atomic mass is 9.97. The van der Waals surface area contributed by atoms with Gasteiger partial charge in [0, 0.05) is 30.3 Å². The minimum atomic E-state index is -5.40. The van der Waals surface area contributed by atoms with Crippen LogP contribution in [0.4, 0.5) is 28.9 Å². The number of nitrogens with one attached hydrogen (secondary N) is 1. The van der Waals surface area contributed by atoms with Gasteiger partial charge in [-0.15, -0.1) is 0 Å². The monoisotopic (exact) mass is 509 g/mol. The molecule has 1 aliphatic heterocycles. The Hall–Kier alpha value is -3.51. The number of benzene rings is 2. The largest absolute Gasteiger partial charge is 0.428 e. The van der Waals surface area contributed by atoms with Gasteiger partial charge in [-0.3, -0.25) is 4.79 Å². The standard InChI is InChI=1S/C24H23F4N3O5/c1-14-18-12-15(6-7-17(18)21(32)36-30-14)29-22(33)23(34,24(26,27)28)13-31(16-8-10-35-11-9-16)20-5-3-2-4-19(20)25/h2-7,12,16,34H,8-11,13H2,1H3,(H,29,33). The van der Waals surface area contributed by atoms with Crippen LogP contribution >= 0.6 is 0 Å². The van der Waals surface area contributed by atoms with Crippen LogP contribution in [-0.2, 0) is 9.53 Å². The summed E-state index contributed by atoms with van der Waals surface area (Å²) in [5.74, 6) is -2.54. The number of ether oxygens (including phenoxy) is 1. The number of alkyl halides is 3. The molecule has 1 unspecified atom stereocenters. The topological polar surface area (TPSA) is 105 Å². The summed E-state index contributed by atoms with van der Waals surface area (Å²) in [5.41, 5.74) is -4.64. The van der Waals surface area contributed by atoms with E-state index in [4.69, 9.17) is 4.74 Å². The molecule has 192 valence electrons. The molecule has 1 aliphatic rings. The summed E-state index contributed by atoms with van der Waals surface area (Å²) in [4.78, 5) is 25.9. The lowest BCUT2D eigenvalue weighted by Gasteiger charge is -2.41. The normalized spacial score (nSPS) is 16.5. The summed E-state index contributed by atoms with van der Waals surface area (Å²) < 4.78 is 67.3. The fourth-order valence-corrected chi connectivity index (χ4v) is 4.17. The number of halogens is 4. The van der Waals surface area contributed by atoms with E-state index in [0.717, 1.165) is 11.0 Å². The third kappa shape index (κ3) is 4.91. The Labute approximate surface area is 202 Å². The SMILES string of the molecule is Cc1noc(=O)c2ccc(NC(=O)C(O)(CN(c3ccccc3F)C3CCOCC3)C(F)(F)F)cc12. The lowest BCUT2D eigenvalue weighted by Crippen LogP contribution is -2.62. The van der Waals surface area contributed by atoms with Crippen LogP contribution in [0.1, 0.15) is 18.5 Å². The molecule has 0 radical (unpaired) electrons. The Kier molecular flexibility index (Phi) is 7.01. The highest BCUT2D eigenvalue weighted by Crippen LogP contribution is 2.36. The molecule has 0 saturated carbocycles. The molecule has 0 spiro atoms. The van der Waals surface area contributed by atoms with Crippen LogP contribution in [0.25, 0.3) is 10.8 Å². The molecular weight excluding hydrogens is 486 g/mol. The van der Waals surface area contributed by atoms with Gasteiger partial charge in [-0.05, 0) is 50.1 Å². The number of aryl methyl sites for hydroxylation is 1. The van der Waals surface area contributed by atoms with E-state index in [1.807, 2.05) is 0 Å². The minimum Gasteiger partial charge on any atom is -0.381 e. The third-order valence-electron chi connectivity index (χ3n) is 6.19. The highest BCUT2D eigenvalue weighted by Gasteiger charge is 2.61. The van der Waals surface area contributed by atoms with Crippen molar-refractivity contribution in [3.8, 4) is 0 Å². The number of aromatic nitrogens is 1. The Morgan fingerprint density at radius 3 is 2.53 bits per heavy atom. The van der Waals surface area contributed by atoms with Gasteiger partial charge < -0.3 is 24.6 Å². The molecule has 12 heteroatoms. The van der Waals surface area contributed by atoms with Crippen LogP contribution in [0, 0.1) is 12.7 Å². The number of para-hydroxylation sites is 1. The first-order chi connectivity index (χ1) is 17.0. The number of carbonyl (C=O) groups is 1. The first kappa shape index (κ1) is 25.6. The van der Waals surface area contributed by atoms with E-state index in [1.165, 1.54) is 43.3 Å². The molecule has 3 aromatic rings. The smallest absolute Gasteiger partial charge is 0.381 e. The summed E-state index contributed by atoms with van der Waals surface area (Å²) >= 11 is 0. The average Bonchev–Trinajstić information content (AvgIpc) is 2.85. The summed E-state index contributed by atoms with van der Waals surface area (Å²) in [6, 6.07) is 8.37. The molecule has 0 bridgehead atoms. The van der Waals surface area contributed by atoms with Crippen molar-refractivity contribution in [2.45, 2.75) is 37.6 Å². The van der Waals surface area contributed by atoms with Crippen LogP contribution < -0.4 is 15.8 Å². The molecule has 1 fully saturated rings. The van der Waals surface area contributed by atoms with Crippen molar-refractivity contribution < 1.29 is 36.7 Å². The molecule has 2 N–H and O–H groups in total. The molecular formula is C24H23F4N3O5. The molecule has 0 aliphatic carbocycles. The Bertz CT molecular complexity index is 1320. The van der Waals surface area contributed by atoms with E-state index in [1.54, 1.807) is 0 Å². The summed E-state index contributed by atoms with van der Waals surface area (Å²) in [7, 11) is 0. The Balaban J connectivity index is 1.70. The quantitative estimate of drug-likeness (QED) is 0.490. The van der Waals surface area contributed by atoms with Crippen LogP contribution in [0.2, 0.25) is 0 Å². The Morgan fingerprint density at radius 1 is 1.17 bits per heavy atom. The van der Waals surface area contributed by atoms with E-state index in [2.05, 4.69) is 15.0 Å². The number of hydrogen-bond donors (Lipinski definition) is 2. The second-order valence-electron chi connectivity index (χ2n) is 8.55. The third-order valence-corrected chi connectivity index (χ3v) is 6.19. The van der Waals surface area contributed by atoms with E-state index in [-0.39, 0.29) is 53.9 Å². The van der Waals surface area contributed by atoms with Crippen LogP contribution in [-0.4, -0.2) is 53.7 Å². The molecule has 2 heterocycles. The second-order valence-corrected chi connectivity index (χ2v) is 8.55. The number of anilines is 2. The molecule has 1 saturated heterocycles. The minimum absolute atomic E-state index is 0.103. The van der Waals surface area contributed by atoms with E-state index < -0.39 is 41.7 Å². The van der Waals surface area contributed by atoms with Gasteiger partial charge in [0.25, 0.3) is 11.5 Å². The van der Waals surface area contributed by atoms with Crippen molar-refractivity contribution in [3.63, 3.8) is 0 Å². The predicted octanol–water partition coefficient (Wildman–Crippen LogP) is 3.55. The van der Waals surface area contributed by atoms with E-state index >= 15 is 0 Å². The number of hydrogen-bond acceptors (Lipinski definition) is 7. The zero-order valence-corrected chi connectivity index (χ0v) is 19.1. The molecule has 4 rings (SSSR count). The molecule has 1 aromatic heterocycles. The van der Waals surface area contributed by atoms with Gasteiger partial charge in [0.05, 0.1) is 23.3 Å². The van der Waals surface area contributed by atoms with Gasteiger partial charge in [-0.25, -0.2) is 9.18 Å². The zero-order chi connectivity index (χ0) is 26.1. The van der Waals surface area contributed by atoms with Gasteiger partial charge in [-0.2, -0.15) is 13.2 Å². The summed E-state index contributed by atoms with van der Waals surface area (Å²) in [6.07, 6.45) is -4.84. The highest BCUT2D eigenvalue weighted by molar-refractivity contribution is 6.00. The number of carbonyl (C=O) groups excluding carboxylic acids is 1. The van der Waals surface area contributed by atoms with Crippen molar-refractivity contribution >= 4 is 28.1 Å². The van der Waals surface area contributed by atoms with E-state index in [9.17, 15) is 32.3 Å². The molecule has 1 amide bonds. The van der Waals surface area contributed by atoms with Gasteiger partial charge in [-0.1, -0.05) is 17.3 Å². The zero-order valence-electron chi connectivity index (χ0n) is 19.1. The average molecular weight is 509 g/mol. The number of rotatable bonds is 6. The first-order valence-electron chi connectivity index (χ1n) is 11.1. The van der Waals surface area contributed by atoms with Crippen LogP contribution in [0.15, 0.2) is 51.8 Å². The van der Waals surface area contributed by atoms with E-state index in [0.29, 0.717) is 0 Å². The van der Waals surface area contributed by atoms with Gasteiger partial charge in [0.15, 0.2) is 0 Å². The first-order valence-corrected chi connectivity index (χ1v) is 11.1. The summed E-state index contributed by atoms with van der Waals surface area (Å²) in [6.45, 7) is 0.754. The van der Waals surface area contributed by atoms with Gasteiger partial charge in [0.2, 0.25) is 0 Å². The maximum absolute atomic E-state index is 14.7. The van der Waals surface area contributed by atoms with Crippen molar-refractivity contribution in [1.29, 1.82) is 0 Å². The van der Waals surface area contributed by atoms with Crippen molar-refractivity contribution in [2.24, 2.45) is 0 Å². The highest BCUT2D eigenvalue weighted by atomic mass is 19.4. The van der Waals surface area contributed by atoms with Crippen molar-refractivity contribution in [2.75, 3.05) is 30.0 Å². The summed E-state index contributed by atoms with van der Waals surface area (Å²) in [5, 5.41) is 16.9. The maximum atomic E-state index is 14.7. The van der Waals surface area contributed by atoms with Crippen molar-refractivity contribution in [3.05, 3.63) is 64.4 Å². The fourth-order valence-electron chi connectivity index (χ4n) is 4.17. The number of amides is 1. The number of aliphatic hydroxyl groups is 1. The Morgan fingerprint density at radius 2 is 1.86 bits per heavy atom. The molecule has 8 nitrogen and oxygen atoms in total. The number of nitrogens with zero attached hydrogens (tertiary/aromatic N) is 2. The molecule has 2 aromatic carbocycles. The lowest BCUT2D eigenvalue weighted by molar-refractivity contribution is -0.245.